The molecule has 2 amide bonds. The van der Waals surface area contributed by atoms with E-state index in [9.17, 15) is 9.59 Å². The molecule has 0 saturated carbocycles. The molecule has 0 atom stereocenters. The summed E-state index contributed by atoms with van der Waals surface area (Å²) < 4.78 is 0.828. The second-order valence-corrected chi connectivity index (χ2v) is 4.50. The third-order valence-electron chi connectivity index (χ3n) is 2.17. The number of hydrogen-bond acceptors (Lipinski definition) is 2. The SMILES string of the molecule is Cc1ccc(Br)cc1C(=O)N(C)CC(N)=O. The van der Waals surface area contributed by atoms with Crippen LogP contribution in [0.1, 0.15) is 15.9 Å². The molecule has 0 aliphatic rings. The van der Waals surface area contributed by atoms with Crippen LogP contribution >= 0.6 is 15.9 Å². The number of nitrogens with two attached hydrogens (primary N) is 1. The minimum atomic E-state index is -0.525. The number of halogens is 1. The van der Waals surface area contributed by atoms with E-state index in [-0.39, 0.29) is 12.5 Å². The van der Waals surface area contributed by atoms with Gasteiger partial charge in [-0.2, -0.15) is 0 Å². The van der Waals surface area contributed by atoms with Crippen LogP contribution in [0.2, 0.25) is 0 Å². The summed E-state index contributed by atoms with van der Waals surface area (Å²) in [6, 6.07) is 5.44. The van der Waals surface area contributed by atoms with Crippen LogP contribution in [0.25, 0.3) is 0 Å². The Hall–Kier alpha value is -1.36. The highest BCUT2D eigenvalue weighted by molar-refractivity contribution is 9.10. The molecule has 0 aliphatic heterocycles. The van der Waals surface area contributed by atoms with Gasteiger partial charge in [0.15, 0.2) is 0 Å². The van der Waals surface area contributed by atoms with Gasteiger partial charge in [-0.3, -0.25) is 9.59 Å². The maximum atomic E-state index is 12.0. The molecule has 2 N–H and O–H groups in total. The van der Waals surface area contributed by atoms with Crippen LogP contribution in [-0.4, -0.2) is 30.3 Å². The fraction of sp³-hybridized carbons (Fsp3) is 0.273. The van der Waals surface area contributed by atoms with Crippen LogP contribution < -0.4 is 5.73 Å². The molecule has 0 radical (unpaired) electrons. The first-order valence-electron chi connectivity index (χ1n) is 4.71. The smallest absolute Gasteiger partial charge is 0.254 e. The molecule has 1 aromatic carbocycles. The zero-order valence-corrected chi connectivity index (χ0v) is 10.7. The number of hydrogen-bond donors (Lipinski definition) is 1. The maximum Gasteiger partial charge on any atom is 0.254 e. The molecule has 1 aromatic rings. The Morgan fingerprint density at radius 2 is 2.06 bits per heavy atom. The normalized spacial score (nSPS) is 9.94. The lowest BCUT2D eigenvalue weighted by Gasteiger charge is -2.16. The zero-order chi connectivity index (χ0) is 12.3. The van der Waals surface area contributed by atoms with Gasteiger partial charge in [-0.15, -0.1) is 0 Å². The molecule has 86 valence electrons. The molecule has 16 heavy (non-hydrogen) atoms. The van der Waals surface area contributed by atoms with Gasteiger partial charge in [-0.1, -0.05) is 22.0 Å². The van der Waals surface area contributed by atoms with E-state index in [1.54, 1.807) is 13.1 Å². The number of amides is 2. The van der Waals surface area contributed by atoms with Crippen molar-refractivity contribution in [1.82, 2.24) is 4.90 Å². The van der Waals surface area contributed by atoms with Crippen molar-refractivity contribution in [3.05, 3.63) is 33.8 Å². The highest BCUT2D eigenvalue weighted by Crippen LogP contribution is 2.17. The summed E-state index contributed by atoms with van der Waals surface area (Å²) in [7, 11) is 1.55. The molecular weight excluding hydrogens is 272 g/mol. The molecule has 0 saturated heterocycles. The second-order valence-electron chi connectivity index (χ2n) is 3.59. The zero-order valence-electron chi connectivity index (χ0n) is 9.16. The number of primary amides is 1. The number of aryl methyl sites for hydroxylation is 1. The van der Waals surface area contributed by atoms with E-state index >= 15 is 0 Å². The Kier molecular flexibility index (Phi) is 4.06. The van der Waals surface area contributed by atoms with Crippen molar-refractivity contribution in [3.8, 4) is 0 Å². The number of likely N-dealkylation sites (N-methyl/N-ethyl adjacent to an activating group) is 1. The standard InChI is InChI=1S/C11H13BrN2O2/c1-7-3-4-8(12)5-9(7)11(16)14(2)6-10(13)15/h3-5H,6H2,1-2H3,(H2,13,15). The van der Waals surface area contributed by atoms with E-state index in [2.05, 4.69) is 15.9 Å². The van der Waals surface area contributed by atoms with Gasteiger partial charge in [0.2, 0.25) is 5.91 Å². The summed E-state index contributed by atoms with van der Waals surface area (Å²) in [6.45, 7) is 1.77. The summed E-state index contributed by atoms with van der Waals surface area (Å²) >= 11 is 3.30. The molecule has 0 spiro atoms. The molecule has 0 bridgehead atoms. The van der Waals surface area contributed by atoms with E-state index in [4.69, 9.17) is 5.73 Å². The fourth-order valence-corrected chi connectivity index (χ4v) is 1.70. The monoisotopic (exact) mass is 284 g/mol. The predicted octanol–water partition coefficient (Wildman–Crippen LogP) is 1.31. The van der Waals surface area contributed by atoms with Gasteiger partial charge in [-0.05, 0) is 24.6 Å². The number of carbonyl (C=O) groups is 2. The van der Waals surface area contributed by atoms with Gasteiger partial charge >= 0.3 is 0 Å². The average Bonchev–Trinajstić information content (AvgIpc) is 2.19. The number of carbonyl (C=O) groups excluding carboxylic acids is 2. The summed E-state index contributed by atoms with van der Waals surface area (Å²) in [6.07, 6.45) is 0. The highest BCUT2D eigenvalue weighted by Gasteiger charge is 2.15. The Morgan fingerprint density at radius 1 is 1.44 bits per heavy atom. The quantitative estimate of drug-likeness (QED) is 0.910. The molecule has 4 nitrogen and oxygen atoms in total. The van der Waals surface area contributed by atoms with Crippen molar-refractivity contribution < 1.29 is 9.59 Å². The van der Waals surface area contributed by atoms with Crippen LogP contribution in [0.5, 0.6) is 0 Å². The van der Waals surface area contributed by atoms with E-state index in [0.29, 0.717) is 5.56 Å². The van der Waals surface area contributed by atoms with Crippen molar-refractivity contribution in [2.75, 3.05) is 13.6 Å². The Bertz CT molecular complexity index is 432. The van der Waals surface area contributed by atoms with Crippen LogP contribution in [-0.2, 0) is 4.79 Å². The Labute approximate surface area is 103 Å². The van der Waals surface area contributed by atoms with Crippen LogP contribution in [0.4, 0.5) is 0 Å². The third kappa shape index (κ3) is 3.06. The van der Waals surface area contributed by atoms with E-state index in [0.717, 1.165) is 10.0 Å². The molecule has 0 unspecified atom stereocenters. The first-order chi connectivity index (χ1) is 7.41. The van der Waals surface area contributed by atoms with Crippen LogP contribution in [0, 0.1) is 6.92 Å². The summed E-state index contributed by atoms with van der Waals surface area (Å²) in [5.41, 5.74) is 6.47. The fourth-order valence-electron chi connectivity index (χ4n) is 1.34. The van der Waals surface area contributed by atoms with Gasteiger partial charge in [-0.25, -0.2) is 0 Å². The number of nitrogens with zero attached hydrogens (tertiary/aromatic N) is 1. The molecule has 0 fully saturated rings. The van der Waals surface area contributed by atoms with Gasteiger partial charge in [0, 0.05) is 17.1 Å². The first kappa shape index (κ1) is 12.7. The topological polar surface area (TPSA) is 63.4 Å². The largest absolute Gasteiger partial charge is 0.368 e. The maximum absolute atomic E-state index is 12.0. The van der Waals surface area contributed by atoms with Crippen molar-refractivity contribution in [3.63, 3.8) is 0 Å². The van der Waals surface area contributed by atoms with Gasteiger partial charge < -0.3 is 10.6 Å². The summed E-state index contributed by atoms with van der Waals surface area (Å²) in [4.78, 5) is 24.0. The number of rotatable bonds is 3. The minimum Gasteiger partial charge on any atom is -0.368 e. The average molecular weight is 285 g/mol. The summed E-state index contributed by atoms with van der Waals surface area (Å²) in [5.74, 6) is -0.735. The molecule has 5 heteroatoms. The second kappa shape index (κ2) is 5.12. The molecular formula is C11H13BrN2O2. The third-order valence-corrected chi connectivity index (χ3v) is 2.66. The van der Waals surface area contributed by atoms with Gasteiger partial charge in [0.25, 0.3) is 5.91 Å². The highest BCUT2D eigenvalue weighted by atomic mass is 79.9. The van der Waals surface area contributed by atoms with Crippen molar-refractivity contribution in [1.29, 1.82) is 0 Å². The van der Waals surface area contributed by atoms with E-state index < -0.39 is 5.91 Å². The van der Waals surface area contributed by atoms with E-state index in [1.165, 1.54) is 4.90 Å². The predicted molar refractivity (Wildman–Crippen MR) is 65.0 cm³/mol. The molecule has 0 aliphatic carbocycles. The first-order valence-corrected chi connectivity index (χ1v) is 5.51. The van der Waals surface area contributed by atoms with Crippen molar-refractivity contribution in [2.24, 2.45) is 5.73 Å². The van der Waals surface area contributed by atoms with Gasteiger partial charge in [0.05, 0.1) is 6.54 Å². The number of benzene rings is 1. The van der Waals surface area contributed by atoms with Crippen LogP contribution in [0.15, 0.2) is 22.7 Å². The lowest BCUT2D eigenvalue weighted by atomic mass is 10.1. The van der Waals surface area contributed by atoms with Crippen molar-refractivity contribution >= 4 is 27.7 Å². The van der Waals surface area contributed by atoms with Crippen molar-refractivity contribution in [2.45, 2.75) is 6.92 Å². The lowest BCUT2D eigenvalue weighted by Crippen LogP contribution is -2.35. The van der Waals surface area contributed by atoms with Crippen LogP contribution in [0.3, 0.4) is 0 Å². The minimum absolute atomic E-state index is 0.0786. The Morgan fingerprint density at radius 3 is 2.62 bits per heavy atom. The van der Waals surface area contributed by atoms with E-state index in [1.807, 2.05) is 19.1 Å². The molecule has 0 aromatic heterocycles. The summed E-state index contributed by atoms with van der Waals surface area (Å²) in [5, 5.41) is 0. The Balaban J connectivity index is 2.95. The lowest BCUT2D eigenvalue weighted by molar-refractivity contribution is -0.118. The molecule has 1 rings (SSSR count). The molecule has 0 heterocycles. The van der Waals surface area contributed by atoms with Gasteiger partial charge in [0.1, 0.15) is 0 Å².